The van der Waals surface area contributed by atoms with E-state index in [1.54, 1.807) is 7.11 Å². The van der Waals surface area contributed by atoms with Gasteiger partial charge in [0, 0.05) is 39.4 Å². The van der Waals surface area contributed by atoms with E-state index in [1.165, 1.54) is 12.8 Å². The third-order valence-corrected chi connectivity index (χ3v) is 3.24. The number of nitrogens with zero attached hydrogens (tertiary/aromatic N) is 3. The second kappa shape index (κ2) is 6.68. The SMILES string of the molecule is CNc1cc(NCCN(C)C2CC2)nc(COC)n1. The molecule has 0 radical (unpaired) electrons. The first-order chi connectivity index (χ1) is 9.22. The van der Waals surface area contributed by atoms with Gasteiger partial charge < -0.3 is 20.3 Å². The Bertz CT molecular complexity index is 408. The van der Waals surface area contributed by atoms with Crippen LogP contribution >= 0.6 is 0 Å². The molecule has 1 fully saturated rings. The molecule has 2 N–H and O–H groups in total. The topological polar surface area (TPSA) is 62.3 Å². The van der Waals surface area contributed by atoms with Crippen LogP contribution in [-0.2, 0) is 11.3 Å². The summed E-state index contributed by atoms with van der Waals surface area (Å²) in [4.78, 5) is 11.1. The van der Waals surface area contributed by atoms with Gasteiger partial charge in [0.05, 0.1) is 0 Å². The minimum Gasteiger partial charge on any atom is -0.377 e. The first-order valence-electron chi connectivity index (χ1n) is 6.71. The molecule has 1 aliphatic carbocycles. The second-order valence-electron chi connectivity index (χ2n) is 4.88. The van der Waals surface area contributed by atoms with Crippen molar-refractivity contribution in [1.82, 2.24) is 14.9 Å². The fourth-order valence-electron chi connectivity index (χ4n) is 1.97. The van der Waals surface area contributed by atoms with E-state index in [9.17, 15) is 0 Å². The molecule has 0 aliphatic heterocycles. The quantitative estimate of drug-likeness (QED) is 0.736. The molecular weight excluding hydrogens is 242 g/mol. The van der Waals surface area contributed by atoms with Gasteiger partial charge in [-0.05, 0) is 19.9 Å². The summed E-state index contributed by atoms with van der Waals surface area (Å²) in [6.45, 7) is 2.34. The van der Waals surface area contributed by atoms with E-state index < -0.39 is 0 Å². The molecule has 6 nitrogen and oxygen atoms in total. The molecule has 0 atom stereocenters. The number of ether oxygens (including phenoxy) is 1. The van der Waals surface area contributed by atoms with Crippen molar-refractivity contribution >= 4 is 11.6 Å². The van der Waals surface area contributed by atoms with Crippen LogP contribution in [0.3, 0.4) is 0 Å². The van der Waals surface area contributed by atoms with Crippen LogP contribution in [0.2, 0.25) is 0 Å². The molecule has 0 bridgehead atoms. The summed E-state index contributed by atoms with van der Waals surface area (Å²) in [5.74, 6) is 2.34. The van der Waals surface area contributed by atoms with Gasteiger partial charge in [-0.3, -0.25) is 0 Å². The molecule has 1 aromatic rings. The predicted octanol–water partition coefficient (Wildman–Crippen LogP) is 1.17. The van der Waals surface area contributed by atoms with Gasteiger partial charge in [0.15, 0.2) is 5.82 Å². The Morgan fingerprint density at radius 2 is 2.11 bits per heavy atom. The van der Waals surface area contributed by atoms with E-state index in [2.05, 4.69) is 32.5 Å². The average Bonchev–Trinajstić information content (AvgIpc) is 3.23. The van der Waals surface area contributed by atoms with Crippen molar-refractivity contribution in [1.29, 1.82) is 0 Å². The van der Waals surface area contributed by atoms with Crippen molar-refractivity contribution in [3.63, 3.8) is 0 Å². The lowest BCUT2D eigenvalue weighted by molar-refractivity contribution is 0.178. The summed E-state index contributed by atoms with van der Waals surface area (Å²) in [5, 5.41) is 6.38. The van der Waals surface area contributed by atoms with Crippen molar-refractivity contribution in [3.05, 3.63) is 11.9 Å². The highest BCUT2D eigenvalue weighted by atomic mass is 16.5. The van der Waals surface area contributed by atoms with Crippen LogP contribution in [0.1, 0.15) is 18.7 Å². The third-order valence-electron chi connectivity index (χ3n) is 3.24. The van der Waals surface area contributed by atoms with Gasteiger partial charge in [0.2, 0.25) is 0 Å². The lowest BCUT2D eigenvalue weighted by Gasteiger charge is -2.16. The largest absolute Gasteiger partial charge is 0.377 e. The molecule has 0 saturated heterocycles. The standard InChI is InChI=1S/C13H23N5O/c1-14-11-8-12(17-13(16-11)9-19-3)15-6-7-18(2)10-4-5-10/h8,10H,4-7,9H2,1-3H3,(H2,14,15,16,17). The lowest BCUT2D eigenvalue weighted by atomic mass is 10.4. The number of hydrogen-bond acceptors (Lipinski definition) is 6. The highest BCUT2D eigenvalue weighted by Crippen LogP contribution is 2.24. The van der Waals surface area contributed by atoms with Gasteiger partial charge >= 0.3 is 0 Å². The smallest absolute Gasteiger partial charge is 0.158 e. The van der Waals surface area contributed by atoms with Gasteiger partial charge in [-0.25, -0.2) is 9.97 Å². The number of hydrogen-bond donors (Lipinski definition) is 2. The Hall–Kier alpha value is -1.40. The van der Waals surface area contributed by atoms with E-state index in [-0.39, 0.29) is 0 Å². The maximum Gasteiger partial charge on any atom is 0.158 e. The molecule has 1 aliphatic rings. The second-order valence-corrected chi connectivity index (χ2v) is 4.88. The molecule has 2 rings (SSSR count). The summed E-state index contributed by atoms with van der Waals surface area (Å²) < 4.78 is 5.08. The lowest BCUT2D eigenvalue weighted by Crippen LogP contribution is -2.27. The number of anilines is 2. The normalized spacial score (nSPS) is 14.7. The zero-order valence-corrected chi connectivity index (χ0v) is 11.9. The summed E-state index contributed by atoms with van der Waals surface area (Å²) in [6, 6.07) is 2.71. The number of aromatic nitrogens is 2. The summed E-state index contributed by atoms with van der Waals surface area (Å²) in [6.07, 6.45) is 2.68. The van der Waals surface area contributed by atoms with Gasteiger partial charge in [0.25, 0.3) is 0 Å². The first-order valence-corrected chi connectivity index (χ1v) is 6.71. The zero-order chi connectivity index (χ0) is 13.7. The van der Waals surface area contributed by atoms with E-state index in [4.69, 9.17) is 4.74 Å². The maximum atomic E-state index is 5.08. The number of likely N-dealkylation sites (N-methyl/N-ethyl adjacent to an activating group) is 1. The maximum absolute atomic E-state index is 5.08. The van der Waals surface area contributed by atoms with E-state index in [0.717, 1.165) is 30.8 Å². The van der Waals surface area contributed by atoms with Crippen molar-refractivity contribution in [2.45, 2.75) is 25.5 Å². The van der Waals surface area contributed by atoms with Gasteiger partial charge in [-0.1, -0.05) is 0 Å². The summed E-state index contributed by atoms with van der Waals surface area (Å²) in [5.41, 5.74) is 0. The molecule has 19 heavy (non-hydrogen) atoms. The number of methoxy groups -OCH3 is 1. The van der Waals surface area contributed by atoms with Crippen molar-refractivity contribution in [3.8, 4) is 0 Å². The van der Waals surface area contributed by atoms with Gasteiger partial charge in [-0.2, -0.15) is 0 Å². The van der Waals surface area contributed by atoms with E-state index in [1.807, 2.05) is 13.1 Å². The van der Waals surface area contributed by atoms with Crippen molar-refractivity contribution < 1.29 is 4.74 Å². The molecule has 1 heterocycles. The molecule has 1 saturated carbocycles. The highest BCUT2D eigenvalue weighted by Gasteiger charge is 2.25. The van der Waals surface area contributed by atoms with Crippen molar-refractivity contribution in [2.24, 2.45) is 0 Å². The fraction of sp³-hybridized carbons (Fsp3) is 0.692. The van der Waals surface area contributed by atoms with Crippen LogP contribution in [0, 0.1) is 0 Å². The highest BCUT2D eigenvalue weighted by molar-refractivity contribution is 5.47. The van der Waals surface area contributed by atoms with Crippen LogP contribution in [-0.4, -0.2) is 55.2 Å². The molecule has 0 amide bonds. The third kappa shape index (κ3) is 4.33. The van der Waals surface area contributed by atoms with Gasteiger partial charge in [0.1, 0.15) is 18.2 Å². The molecule has 106 valence electrons. The Morgan fingerprint density at radius 3 is 2.74 bits per heavy atom. The molecule has 0 aromatic carbocycles. The summed E-state index contributed by atoms with van der Waals surface area (Å²) >= 11 is 0. The Balaban J connectivity index is 1.88. The number of nitrogens with one attached hydrogen (secondary N) is 2. The Labute approximate surface area is 114 Å². The van der Waals surface area contributed by atoms with E-state index in [0.29, 0.717) is 12.4 Å². The molecular formula is C13H23N5O. The fourth-order valence-corrected chi connectivity index (χ4v) is 1.97. The van der Waals surface area contributed by atoms with Crippen molar-refractivity contribution in [2.75, 3.05) is 44.9 Å². The average molecular weight is 265 g/mol. The zero-order valence-electron chi connectivity index (χ0n) is 11.9. The van der Waals surface area contributed by atoms with Crippen LogP contribution in [0.4, 0.5) is 11.6 Å². The van der Waals surface area contributed by atoms with Gasteiger partial charge in [-0.15, -0.1) is 0 Å². The predicted molar refractivity (Wildman–Crippen MR) is 76.4 cm³/mol. The minimum atomic E-state index is 0.423. The van der Waals surface area contributed by atoms with Crippen LogP contribution in [0.15, 0.2) is 6.07 Å². The number of rotatable bonds is 8. The molecule has 0 spiro atoms. The summed E-state index contributed by atoms with van der Waals surface area (Å²) in [7, 11) is 5.67. The molecule has 6 heteroatoms. The Kier molecular flexibility index (Phi) is 4.93. The molecule has 1 aromatic heterocycles. The van der Waals surface area contributed by atoms with Crippen LogP contribution in [0.25, 0.3) is 0 Å². The minimum absolute atomic E-state index is 0.423. The van der Waals surface area contributed by atoms with Crippen LogP contribution < -0.4 is 10.6 Å². The Morgan fingerprint density at radius 1 is 1.37 bits per heavy atom. The monoisotopic (exact) mass is 265 g/mol. The van der Waals surface area contributed by atoms with Crippen LogP contribution in [0.5, 0.6) is 0 Å². The van der Waals surface area contributed by atoms with E-state index >= 15 is 0 Å². The molecule has 0 unspecified atom stereocenters. The first kappa shape index (κ1) is 14.0.